The molecule has 14 heavy (non-hydrogen) atoms. The largest absolute Gasteiger partial charge is 0.488 e. The molecule has 0 atom stereocenters. The van der Waals surface area contributed by atoms with E-state index in [4.69, 9.17) is 4.74 Å². The second kappa shape index (κ2) is 2.85. The summed E-state index contributed by atoms with van der Waals surface area (Å²) in [5.41, 5.74) is 3.26. The molecule has 1 aromatic heterocycles. The number of benzene rings is 1. The van der Waals surface area contributed by atoms with Gasteiger partial charge in [-0.25, -0.2) is 0 Å². The van der Waals surface area contributed by atoms with Crippen molar-refractivity contribution in [2.75, 3.05) is 0 Å². The van der Waals surface area contributed by atoms with Crippen LogP contribution in [-0.2, 0) is 6.61 Å². The lowest BCUT2D eigenvalue weighted by Crippen LogP contribution is -2.03. The van der Waals surface area contributed by atoms with Crippen molar-refractivity contribution in [3.8, 4) is 17.0 Å². The Morgan fingerprint density at radius 1 is 1.43 bits per heavy atom. The molecule has 3 rings (SSSR count). The van der Waals surface area contributed by atoms with Crippen molar-refractivity contribution in [1.29, 1.82) is 0 Å². The second-order valence-electron chi connectivity index (χ2n) is 3.20. The molecule has 0 radical (unpaired) electrons. The monoisotopic (exact) mass is 250 g/mol. The zero-order chi connectivity index (χ0) is 9.54. The molecule has 2 aromatic rings. The number of halogens is 1. The van der Waals surface area contributed by atoms with Crippen LogP contribution in [0.5, 0.6) is 5.75 Å². The third-order valence-corrected chi connectivity index (χ3v) is 2.81. The van der Waals surface area contributed by atoms with Crippen molar-refractivity contribution >= 4 is 15.9 Å². The summed E-state index contributed by atoms with van der Waals surface area (Å²) in [4.78, 5) is 0. The Hall–Kier alpha value is -1.29. The molecule has 1 aromatic carbocycles. The molecule has 0 spiro atoms. The fraction of sp³-hybridized carbons (Fsp3) is 0.100. The number of ether oxygens (including phenoxy) is 1. The van der Waals surface area contributed by atoms with Gasteiger partial charge in [0, 0.05) is 15.6 Å². The molecule has 0 saturated heterocycles. The van der Waals surface area contributed by atoms with Gasteiger partial charge in [0.2, 0.25) is 0 Å². The highest BCUT2D eigenvalue weighted by Crippen LogP contribution is 2.37. The van der Waals surface area contributed by atoms with Crippen molar-refractivity contribution in [1.82, 2.24) is 10.2 Å². The molecule has 2 heterocycles. The number of aromatic nitrogens is 2. The van der Waals surface area contributed by atoms with E-state index in [-0.39, 0.29) is 0 Å². The van der Waals surface area contributed by atoms with Gasteiger partial charge in [0.1, 0.15) is 12.4 Å². The van der Waals surface area contributed by atoms with Crippen LogP contribution in [0.3, 0.4) is 0 Å². The zero-order valence-electron chi connectivity index (χ0n) is 7.25. The quantitative estimate of drug-likeness (QED) is 0.781. The smallest absolute Gasteiger partial charge is 0.130 e. The minimum absolute atomic E-state index is 0.593. The maximum Gasteiger partial charge on any atom is 0.130 e. The van der Waals surface area contributed by atoms with Crippen molar-refractivity contribution < 1.29 is 4.74 Å². The summed E-state index contributed by atoms with van der Waals surface area (Å²) < 4.78 is 6.63. The molecule has 0 amide bonds. The van der Waals surface area contributed by atoms with Crippen LogP contribution < -0.4 is 4.74 Å². The van der Waals surface area contributed by atoms with Gasteiger partial charge in [-0.1, -0.05) is 15.9 Å². The van der Waals surface area contributed by atoms with Crippen molar-refractivity contribution in [2.24, 2.45) is 0 Å². The van der Waals surface area contributed by atoms with Crippen LogP contribution in [0, 0.1) is 0 Å². The van der Waals surface area contributed by atoms with Crippen LogP contribution in [0.25, 0.3) is 11.3 Å². The topological polar surface area (TPSA) is 37.9 Å². The van der Waals surface area contributed by atoms with E-state index in [9.17, 15) is 0 Å². The average Bonchev–Trinajstić information content (AvgIpc) is 2.65. The summed E-state index contributed by atoms with van der Waals surface area (Å²) in [7, 11) is 0. The molecule has 4 heteroatoms. The summed E-state index contributed by atoms with van der Waals surface area (Å²) in [6, 6.07) is 5.99. The first-order valence-corrected chi connectivity index (χ1v) is 5.09. The standard InChI is InChI=1S/C10H7BrN2O/c11-7-1-2-8-9(3-7)14-5-6-4-12-13-10(6)8/h1-4H,5H2,(H,12,13). The predicted octanol–water partition coefficient (Wildman–Crippen LogP) is 2.73. The van der Waals surface area contributed by atoms with Gasteiger partial charge in [-0.15, -0.1) is 0 Å². The SMILES string of the molecule is Brc1ccc2c(c1)OCc1cn[nH]c1-2. The number of aromatic amines is 1. The van der Waals surface area contributed by atoms with Gasteiger partial charge in [0.25, 0.3) is 0 Å². The van der Waals surface area contributed by atoms with Gasteiger partial charge in [-0.3, -0.25) is 5.10 Å². The third kappa shape index (κ3) is 1.07. The molecule has 1 aliphatic rings. The molecule has 70 valence electrons. The van der Waals surface area contributed by atoms with E-state index in [1.54, 1.807) is 6.20 Å². The highest BCUT2D eigenvalue weighted by molar-refractivity contribution is 9.10. The van der Waals surface area contributed by atoms with Crippen molar-refractivity contribution in [3.05, 3.63) is 34.4 Å². The average molecular weight is 251 g/mol. The van der Waals surface area contributed by atoms with Crippen molar-refractivity contribution in [3.63, 3.8) is 0 Å². The highest BCUT2D eigenvalue weighted by atomic mass is 79.9. The van der Waals surface area contributed by atoms with E-state index in [2.05, 4.69) is 26.1 Å². The summed E-state index contributed by atoms with van der Waals surface area (Å²) in [6.07, 6.45) is 1.81. The van der Waals surface area contributed by atoms with Crippen LogP contribution in [-0.4, -0.2) is 10.2 Å². The summed E-state index contributed by atoms with van der Waals surface area (Å²) in [5, 5.41) is 7.00. The first-order valence-electron chi connectivity index (χ1n) is 4.29. The molecular formula is C10H7BrN2O. The number of fused-ring (bicyclic) bond motifs is 3. The Labute approximate surface area is 89.2 Å². The van der Waals surface area contributed by atoms with Crippen LogP contribution in [0.15, 0.2) is 28.9 Å². The number of H-pyrrole nitrogens is 1. The third-order valence-electron chi connectivity index (χ3n) is 2.31. The fourth-order valence-electron chi connectivity index (χ4n) is 1.63. The lowest BCUT2D eigenvalue weighted by Gasteiger charge is -2.16. The number of nitrogens with one attached hydrogen (secondary N) is 1. The molecule has 0 fully saturated rings. The van der Waals surface area contributed by atoms with E-state index in [0.717, 1.165) is 27.0 Å². The highest BCUT2D eigenvalue weighted by Gasteiger charge is 2.18. The van der Waals surface area contributed by atoms with Gasteiger partial charge < -0.3 is 4.74 Å². The summed E-state index contributed by atoms with van der Waals surface area (Å²) >= 11 is 3.42. The van der Waals surface area contributed by atoms with Gasteiger partial charge in [-0.05, 0) is 18.2 Å². The van der Waals surface area contributed by atoms with Gasteiger partial charge in [0.05, 0.1) is 11.9 Å². The van der Waals surface area contributed by atoms with E-state index in [1.165, 1.54) is 0 Å². The van der Waals surface area contributed by atoms with Gasteiger partial charge in [-0.2, -0.15) is 5.10 Å². The Bertz CT molecular complexity index is 493. The van der Waals surface area contributed by atoms with Crippen LogP contribution in [0.4, 0.5) is 0 Å². The van der Waals surface area contributed by atoms with Gasteiger partial charge >= 0.3 is 0 Å². The molecule has 1 N–H and O–H groups in total. The van der Waals surface area contributed by atoms with Crippen LogP contribution in [0.2, 0.25) is 0 Å². The number of rotatable bonds is 0. The summed E-state index contributed by atoms with van der Waals surface area (Å²) in [5.74, 6) is 0.899. The minimum Gasteiger partial charge on any atom is -0.488 e. The molecule has 1 aliphatic heterocycles. The number of hydrogen-bond acceptors (Lipinski definition) is 2. The Morgan fingerprint density at radius 3 is 3.29 bits per heavy atom. The fourth-order valence-corrected chi connectivity index (χ4v) is 1.97. The summed E-state index contributed by atoms with van der Waals surface area (Å²) in [6.45, 7) is 0.593. The molecule has 0 saturated carbocycles. The van der Waals surface area contributed by atoms with E-state index < -0.39 is 0 Å². The van der Waals surface area contributed by atoms with Crippen molar-refractivity contribution in [2.45, 2.75) is 6.61 Å². The first-order chi connectivity index (χ1) is 6.84. The molecule has 0 aliphatic carbocycles. The van der Waals surface area contributed by atoms with Crippen LogP contribution >= 0.6 is 15.9 Å². The Morgan fingerprint density at radius 2 is 2.36 bits per heavy atom. The maximum absolute atomic E-state index is 5.60. The Balaban J connectivity index is 2.26. The predicted molar refractivity (Wildman–Crippen MR) is 56.1 cm³/mol. The minimum atomic E-state index is 0.593. The number of nitrogens with zero attached hydrogens (tertiary/aromatic N) is 1. The molecule has 3 nitrogen and oxygen atoms in total. The first kappa shape index (κ1) is 8.05. The second-order valence-corrected chi connectivity index (χ2v) is 4.12. The van der Waals surface area contributed by atoms with Gasteiger partial charge in [0.15, 0.2) is 0 Å². The normalized spacial score (nSPS) is 12.9. The zero-order valence-corrected chi connectivity index (χ0v) is 8.84. The number of hydrogen-bond donors (Lipinski definition) is 1. The lowest BCUT2D eigenvalue weighted by molar-refractivity contribution is 0.302. The molecule has 0 unspecified atom stereocenters. The lowest BCUT2D eigenvalue weighted by atomic mass is 10.1. The Kier molecular flexibility index (Phi) is 1.64. The molecular weight excluding hydrogens is 244 g/mol. The van der Waals surface area contributed by atoms with Crippen LogP contribution in [0.1, 0.15) is 5.56 Å². The van der Waals surface area contributed by atoms with E-state index in [0.29, 0.717) is 6.61 Å². The maximum atomic E-state index is 5.60. The van der Waals surface area contributed by atoms with E-state index >= 15 is 0 Å². The molecule has 0 bridgehead atoms. The van der Waals surface area contributed by atoms with E-state index in [1.807, 2.05) is 18.2 Å².